The zero-order valence-electron chi connectivity index (χ0n) is 11.1. The first-order chi connectivity index (χ1) is 10.5. The Labute approximate surface area is 134 Å². The summed E-state index contributed by atoms with van der Waals surface area (Å²) in [6, 6.07) is 12.1. The highest BCUT2D eigenvalue weighted by molar-refractivity contribution is 9.10. The molecule has 0 atom stereocenters. The molecular weight excluding hydrogens is 354 g/mol. The normalized spacial score (nSPS) is 10.9. The first-order valence-corrected chi connectivity index (χ1v) is 6.94. The highest BCUT2D eigenvalue weighted by atomic mass is 79.9. The smallest absolute Gasteiger partial charge is 0.266 e. The number of hydrogen-bond donors (Lipinski definition) is 1. The van der Waals surface area contributed by atoms with Crippen molar-refractivity contribution in [2.24, 2.45) is 0 Å². The average molecular weight is 363 g/mol. The first-order valence-electron chi connectivity index (χ1n) is 6.14. The minimum Gasteiger partial charge on any atom is -0.320 e. The topological polar surface area (TPSA) is 52.9 Å². The van der Waals surface area contributed by atoms with Gasteiger partial charge in [0.1, 0.15) is 11.6 Å². The number of benzene rings is 2. The second kappa shape index (κ2) is 6.96. The fourth-order valence-corrected chi connectivity index (χ4v) is 2.07. The molecule has 2 rings (SSSR count). The maximum atomic E-state index is 13.6. The summed E-state index contributed by atoms with van der Waals surface area (Å²) in [5.74, 6) is -2.86. The van der Waals surface area contributed by atoms with Crippen LogP contribution in [0.1, 0.15) is 5.56 Å². The summed E-state index contributed by atoms with van der Waals surface area (Å²) >= 11 is 3.26. The van der Waals surface area contributed by atoms with Crippen LogP contribution in [-0.4, -0.2) is 5.91 Å². The Bertz CT molecular complexity index is 797. The van der Waals surface area contributed by atoms with Gasteiger partial charge in [0, 0.05) is 10.0 Å². The molecule has 0 unspecified atom stereocenters. The van der Waals surface area contributed by atoms with Crippen molar-refractivity contribution in [1.29, 1.82) is 5.26 Å². The average Bonchev–Trinajstić information content (AvgIpc) is 2.51. The molecule has 2 aromatic carbocycles. The van der Waals surface area contributed by atoms with Gasteiger partial charge < -0.3 is 5.32 Å². The van der Waals surface area contributed by atoms with Crippen molar-refractivity contribution < 1.29 is 13.6 Å². The van der Waals surface area contributed by atoms with E-state index in [9.17, 15) is 13.6 Å². The molecule has 0 aliphatic carbocycles. The number of carbonyl (C=O) groups is 1. The zero-order chi connectivity index (χ0) is 16.1. The number of carbonyl (C=O) groups excluding carboxylic acids is 1. The van der Waals surface area contributed by atoms with Crippen molar-refractivity contribution in [1.82, 2.24) is 0 Å². The number of hydrogen-bond acceptors (Lipinski definition) is 2. The third-order valence-electron chi connectivity index (χ3n) is 2.77. The van der Waals surface area contributed by atoms with E-state index in [2.05, 4.69) is 21.2 Å². The Morgan fingerprint density at radius 2 is 1.91 bits per heavy atom. The van der Waals surface area contributed by atoms with E-state index in [1.807, 2.05) is 0 Å². The first kappa shape index (κ1) is 15.9. The monoisotopic (exact) mass is 362 g/mol. The van der Waals surface area contributed by atoms with E-state index < -0.39 is 17.5 Å². The number of rotatable bonds is 3. The van der Waals surface area contributed by atoms with Crippen LogP contribution in [0.15, 0.2) is 52.5 Å². The minimum atomic E-state index is -1.11. The number of nitriles is 1. The van der Waals surface area contributed by atoms with Crippen molar-refractivity contribution in [3.63, 3.8) is 0 Å². The highest BCUT2D eigenvalue weighted by Crippen LogP contribution is 2.22. The van der Waals surface area contributed by atoms with Crippen LogP contribution in [0.2, 0.25) is 0 Å². The van der Waals surface area contributed by atoms with Gasteiger partial charge in [-0.1, -0.05) is 24.3 Å². The minimum absolute atomic E-state index is 0.168. The van der Waals surface area contributed by atoms with Crippen LogP contribution >= 0.6 is 15.9 Å². The SMILES string of the molecule is N#CC(=Cc1cccc(F)c1F)C(=O)Nc1ccccc1Br. The Morgan fingerprint density at radius 3 is 2.59 bits per heavy atom. The van der Waals surface area contributed by atoms with E-state index >= 15 is 0 Å². The summed E-state index contributed by atoms with van der Waals surface area (Å²) in [7, 11) is 0. The van der Waals surface area contributed by atoms with Crippen LogP contribution in [-0.2, 0) is 4.79 Å². The van der Waals surface area contributed by atoms with Crippen molar-refractivity contribution in [3.8, 4) is 6.07 Å². The standard InChI is InChI=1S/C16H9BrF2N2O/c17-12-5-1-2-7-14(12)21-16(22)11(9-20)8-10-4-3-6-13(18)15(10)19/h1-8H,(H,21,22). The zero-order valence-corrected chi connectivity index (χ0v) is 12.7. The lowest BCUT2D eigenvalue weighted by Crippen LogP contribution is -2.13. The summed E-state index contributed by atoms with van der Waals surface area (Å²) in [5.41, 5.74) is -0.0348. The molecule has 0 spiro atoms. The molecule has 1 amide bonds. The van der Waals surface area contributed by atoms with E-state index in [1.54, 1.807) is 30.3 Å². The predicted molar refractivity (Wildman–Crippen MR) is 82.7 cm³/mol. The second-order valence-electron chi connectivity index (χ2n) is 4.25. The third kappa shape index (κ3) is 3.57. The van der Waals surface area contributed by atoms with E-state index in [0.29, 0.717) is 10.2 Å². The van der Waals surface area contributed by atoms with Gasteiger partial charge in [0.05, 0.1) is 5.69 Å². The largest absolute Gasteiger partial charge is 0.320 e. The number of halogens is 3. The van der Waals surface area contributed by atoms with Crippen molar-refractivity contribution in [3.05, 3.63) is 69.7 Å². The molecule has 3 nitrogen and oxygen atoms in total. The molecule has 2 aromatic rings. The molecule has 0 saturated carbocycles. The molecule has 0 saturated heterocycles. The molecule has 0 fully saturated rings. The van der Waals surface area contributed by atoms with Gasteiger partial charge in [0.15, 0.2) is 11.6 Å². The van der Waals surface area contributed by atoms with Gasteiger partial charge in [-0.05, 0) is 40.2 Å². The lowest BCUT2D eigenvalue weighted by atomic mass is 10.1. The molecule has 0 radical (unpaired) electrons. The van der Waals surface area contributed by atoms with Gasteiger partial charge in [0.2, 0.25) is 0 Å². The highest BCUT2D eigenvalue weighted by Gasteiger charge is 2.13. The molecule has 110 valence electrons. The van der Waals surface area contributed by atoms with Gasteiger partial charge in [-0.3, -0.25) is 4.79 Å². The van der Waals surface area contributed by atoms with Crippen molar-refractivity contribution in [2.75, 3.05) is 5.32 Å². The van der Waals surface area contributed by atoms with Gasteiger partial charge in [-0.15, -0.1) is 0 Å². The Kier molecular flexibility index (Phi) is 5.02. The molecule has 0 aliphatic heterocycles. The number of para-hydroxylation sites is 1. The van der Waals surface area contributed by atoms with Crippen molar-refractivity contribution >= 4 is 33.6 Å². The quantitative estimate of drug-likeness (QED) is 0.654. The molecule has 0 heterocycles. The third-order valence-corrected chi connectivity index (χ3v) is 3.46. The summed E-state index contributed by atoms with van der Waals surface area (Å²) in [4.78, 5) is 12.1. The molecule has 0 aromatic heterocycles. The van der Waals surface area contributed by atoms with Gasteiger partial charge in [-0.2, -0.15) is 5.26 Å². The summed E-state index contributed by atoms with van der Waals surface area (Å²) in [5, 5.41) is 11.6. The van der Waals surface area contributed by atoms with Crippen LogP contribution in [0, 0.1) is 23.0 Å². The summed E-state index contributed by atoms with van der Waals surface area (Å²) in [6.07, 6.45) is 1.00. The van der Waals surface area contributed by atoms with Crippen molar-refractivity contribution in [2.45, 2.75) is 0 Å². The number of amides is 1. The Hall–Kier alpha value is -2.52. The second-order valence-corrected chi connectivity index (χ2v) is 5.10. The maximum Gasteiger partial charge on any atom is 0.266 e. The van der Waals surface area contributed by atoms with E-state index in [0.717, 1.165) is 12.1 Å². The fourth-order valence-electron chi connectivity index (χ4n) is 1.69. The number of anilines is 1. The molecule has 0 bridgehead atoms. The Balaban J connectivity index is 2.30. The van der Waals surface area contributed by atoms with Gasteiger partial charge in [-0.25, -0.2) is 8.78 Å². The summed E-state index contributed by atoms with van der Waals surface area (Å²) < 4.78 is 27.4. The van der Waals surface area contributed by atoms with Crippen LogP contribution < -0.4 is 5.32 Å². The molecule has 1 N–H and O–H groups in total. The van der Waals surface area contributed by atoms with E-state index in [4.69, 9.17) is 5.26 Å². The van der Waals surface area contributed by atoms with Crippen LogP contribution in [0.3, 0.4) is 0 Å². The van der Waals surface area contributed by atoms with Crippen LogP contribution in [0.4, 0.5) is 14.5 Å². The molecule has 6 heteroatoms. The number of nitrogens with one attached hydrogen (secondary N) is 1. The van der Waals surface area contributed by atoms with E-state index in [-0.39, 0.29) is 11.1 Å². The van der Waals surface area contributed by atoms with Gasteiger partial charge in [0.25, 0.3) is 5.91 Å². The lowest BCUT2D eigenvalue weighted by Gasteiger charge is -2.06. The van der Waals surface area contributed by atoms with E-state index in [1.165, 1.54) is 12.1 Å². The Morgan fingerprint density at radius 1 is 1.18 bits per heavy atom. The van der Waals surface area contributed by atoms with Crippen LogP contribution in [0.25, 0.3) is 6.08 Å². The molecule has 22 heavy (non-hydrogen) atoms. The summed E-state index contributed by atoms with van der Waals surface area (Å²) in [6.45, 7) is 0. The fraction of sp³-hybridized carbons (Fsp3) is 0. The lowest BCUT2D eigenvalue weighted by molar-refractivity contribution is -0.112. The maximum absolute atomic E-state index is 13.6. The number of nitrogens with zero attached hydrogens (tertiary/aromatic N) is 1. The molecule has 0 aliphatic rings. The predicted octanol–water partition coefficient (Wildman–Crippen LogP) is 4.27. The van der Waals surface area contributed by atoms with Gasteiger partial charge >= 0.3 is 0 Å². The van der Waals surface area contributed by atoms with Crippen LogP contribution in [0.5, 0.6) is 0 Å². The molecular formula is C16H9BrF2N2O.